The van der Waals surface area contributed by atoms with Crippen LogP contribution in [0.2, 0.25) is 0 Å². The zero-order chi connectivity index (χ0) is 15.1. The van der Waals surface area contributed by atoms with Crippen molar-refractivity contribution in [2.24, 2.45) is 0 Å². The molecular formula is C12H21N5O3. The summed E-state index contributed by atoms with van der Waals surface area (Å²) in [4.78, 5) is 24.1. The van der Waals surface area contributed by atoms with Gasteiger partial charge in [0.05, 0.1) is 13.0 Å². The van der Waals surface area contributed by atoms with E-state index in [0.717, 1.165) is 6.54 Å². The zero-order valence-corrected chi connectivity index (χ0v) is 12.0. The van der Waals surface area contributed by atoms with E-state index in [2.05, 4.69) is 15.5 Å². The summed E-state index contributed by atoms with van der Waals surface area (Å²) in [6, 6.07) is -0.370. The maximum Gasteiger partial charge on any atom is 0.318 e. The SMILES string of the molecule is CCn1cnnc1CNC(=O)N(CCC(=O)O)C(C)C. The van der Waals surface area contributed by atoms with Crippen molar-refractivity contribution in [3.63, 3.8) is 0 Å². The van der Waals surface area contributed by atoms with Crippen molar-refractivity contribution in [3.8, 4) is 0 Å². The van der Waals surface area contributed by atoms with Crippen LogP contribution in [0.3, 0.4) is 0 Å². The second-order valence-corrected chi connectivity index (χ2v) is 4.62. The third kappa shape index (κ3) is 4.52. The number of carbonyl (C=O) groups is 2. The zero-order valence-electron chi connectivity index (χ0n) is 12.0. The molecule has 8 nitrogen and oxygen atoms in total. The Morgan fingerprint density at radius 3 is 2.75 bits per heavy atom. The second kappa shape index (κ2) is 7.46. The number of carboxylic acids is 1. The van der Waals surface area contributed by atoms with Crippen LogP contribution in [0, 0.1) is 0 Å². The normalized spacial score (nSPS) is 10.6. The topological polar surface area (TPSA) is 100 Å². The first-order valence-electron chi connectivity index (χ1n) is 6.58. The fourth-order valence-electron chi connectivity index (χ4n) is 1.75. The van der Waals surface area contributed by atoms with Crippen LogP contribution in [0.25, 0.3) is 0 Å². The van der Waals surface area contributed by atoms with Gasteiger partial charge in [-0.05, 0) is 20.8 Å². The Balaban J connectivity index is 2.56. The van der Waals surface area contributed by atoms with E-state index in [1.807, 2.05) is 25.3 Å². The fourth-order valence-corrected chi connectivity index (χ4v) is 1.75. The quantitative estimate of drug-likeness (QED) is 0.767. The van der Waals surface area contributed by atoms with E-state index in [0.29, 0.717) is 5.82 Å². The number of hydrogen-bond donors (Lipinski definition) is 2. The van der Waals surface area contributed by atoms with Gasteiger partial charge in [-0.15, -0.1) is 10.2 Å². The Morgan fingerprint density at radius 2 is 2.20 bits per heavy atom. The lowest BCUT2D eigenvalue weighted by Crippen LogP contribution is -2.44. The van der Waals surface area contributed by atoms with Crippen molar-refractivity contribution in [2.45, 2.75) is 46.3 Å². The maximum atomic E-state index is 12.1. The molecule has 0 radical (unpaired) electrons. The van der Waals surface area contributed by atoms with E-state index < -0.39 is 5.97 Å². The van der Waals surface area contributed by atoms with Gasteiger partial charge in [0.15, 0.2) is 5.82 Å². The molecule has 0 bridgehead atoms. The van der Waals surface area contributed by atoms with Crippen LogP contribution in [0.5, 0.6) is 0 Å². The van der Waals surface area contributed by atoms with Gasteiger partial charge < -0.3 is 19.9 Å². The van der Waals surface area contributed by atoms with E-state index in [4.69, 9.17) is 5.11 Å². The molecule has 8 heteroatoms. The predicted octanol–water partition coefficient (Wildman–Crippen LogP) is 0.693. The Morgan fingerprint density at radius 1 is 1.50 bits per heavy atom. The fraction of sp³-hybridized carbons (Fsp3) is 0.667. The van der Waals surface area contributed by atoms with Gasteiger partial charge in [0.1, 0.15) is 6.33 Å². The van der Waals surface area contributed by atoms with Gasteiger partial charge in [0.2, 0.25) is 0 Å². The molecule has 0 unspecified atom stereocenters. The Kier molecular flexibility index (Phi) is 5.95. The molecule has 0 atom stereocenters. The summed E-state index contributed by atoms with van der Waals surface area (Å²) in [6.07, 6.45) is 1.53. The number of carboxylic acid groups (broad SMARTS) is 1. The van der Waals surface area contributed by atoms with Gasteiger partial charge in [-0.3, -0.25) is 4.79 Å². The number of aromatic nitrogens is 3. The molecular weight excluding hydrogens is 262 g/mol. The van der Waals surface area contributed by atoms with Gasteiger partial charge >= 0.3 is 12.0 Å². The first-order chi connectivity index (χ1) is 9.45. The van der Waals surface area contributed by atoms with Crippen molar-refractivity contribution in [1.29, 1.82) is 0 Å². The molecule has 1 aromatic heterocycles. The highest BCUT2D eigenvalue weighted by molar-refractivity contribution is 5.75. The molecule has 1 heterocycles. The molecule has 2 N–H and O–H groups in total. The summed E-state index contributed by atoms with van der Waals surface area (Å²) in [5.41, 5.74) is 0. The number of amides is 2. The van der Waals surface area contributed by atoms with E-state index >= 15 is 0 Å². The highest BCUT2D eigenvalue weighted by Crippen LogP contribution is 2.02. The first kappa shape index (κ1) is 15.9. The second-order valence-electron chi connectivity index (χ2n) is 4.62. The number of aryl methyl sites for hydroxylation is 1. The Labute approximate surface area is 117 Å². The van der Waals surface area contributed by atoms with Crippen LogP contribution in [0.4, 0.5) is 4.79 Å². The standard InChI is InChI=1S/C12H21N5O3/c1-4-16-8-14-15-10(16)7-13-12(20)17(9(2)3)6-5-11(18)19/h8-9H,4-7H2,1-3H3,(H,13,20)(H,18,19). The third-order valence-corrected chi connectivity index (χ3v) is 2.88. The number of carbonyl (C=O) groups excluding carboxylic acids is 1. The van der Waals surface area contributed by atoms with Crippen molar-refractivity contribution in [3.05, 3.63) is 12.2 Å². The Bertz CT molecular complexity index is 458. The summed E-state index contributed by atoms with van der Waals surface area (Å²) in [7, 11) is 0. The number of nitrogens with one attached hydrogen (secondary N) is 1. The maximum absolute atomic E-state index is 12.1. The van der Waals surface area contributed by atoms with Gasteiger partial charge in [0.25, 0.3) is 0 Å². The molecule has 0 spiro atoms. The van der Waals surface area contributed by atoms with Crippen molar-refractivity contribution in [1.82, 2.24) is 25.0 Å². The van der Waals surface area contributed by atoms with Crippen LogP contribution in [-0.2, 0) is 17.9 Å². The third-order valence-electron chi connectivity index (χ3n) is 2.88. The number of hydrogen-bond acceptors (Lipinski definition) is 4. The summed E-state index contributed by atoms with van der Waals surface area (Å²) >= 11 is 0. The summed E-state index contributed by atoms with van der Waals surface area (Å²) in [5.74, 6) is -0.253. The number of urea groups is 1. The van der Waals surface area contributed by atoms with Gasteiger partial charge in [0, 0.05) is 19.1 Å². The monoisotopic (exact) mass is 283 g/mol. The minimum Gasteiger partial charge on any atom is -0.481 e. The summed E-state index contributed by atoms with van der Waals surface area (Å²) in [6.45, 7) is 6.82. The molecule has 0 aliphatic carbocycles. The van der Waals surface area contributed by atoms with Crippen molar-refractivity contribution in [2.75, 3.05) is 6.54 Å². The lowest BCUT2D eigenvalue weighted by molar-refractivity contribution is -0.137. The highest BCUT2D eigenvalue weighted by Gasteiger charge is 2.18. The van der Waals surface area contributed by atoms with Crippen LogP contribution in [0.1, 0.15) is 33.0 Å². The van der Waals surface area contributed by atoms with E-state index in [1.54, 1.807) is 6.33 Å². The van der Waals surface area contributed by atoms with E-state index in [-0.39, 0.29) is 31.6 Å². The van der Waals surface area contributed by atoms with Crippen molar-refractivity contribution < 1.29 is 14.7 Å². The average Bonchev–Trinajstić information content (AvgIpc) is 2.83. The molecule has 0 fully saturated rings. The van der Waals surface area contributed by atoms with E-state index in [9.17, 15) is 9.59 Å². The number of rotatable bonds is 7. The predicted molar refractivity (Wildman–Crippen MR) is 72.0 cm³/mol. The van der Waals surface area contributed by atoms with Crippen LogP contribution >= 0.6 is 0 Å². The van der Waals surface area contributed by atoms with Gasteiger partial charge in [-0.25, -0.2) is 4.79 Å². The van der Waals surface area contributed by atoms with E-state index in [1.165, 1.54) is 4.90 Å². The molecule has 112 valence electrons. The summed E-state index contributed by atoms with van der Waals surface area (Å²) < 4.78 is 1.83. The molecule has 1 rings (SSSR count). The molecule has 0 saturated heterocycles. The molecule has 20 heavy (non-hydrogen) atoms. The molecule has 0 aliphatic heterocycles. The minimum absolute atomic E-state index is 0.0709. The number of nitrogens with zero attached hydrogens (tertiary/aromatic N) is 4. The first-order valence-corrected chi connectivity index (χ1v) is 6.58. The number of aliphatic carboxylic acids is 1. The molecule has 0 aromatic carbocycles. The Hall–Kier alpha value is -2.12. The molecule has 2 amide bonds. The smallest absolute Gasteiger partial charge is 0.318 e. The lowest BCUT2D eigenvalue weighted by Gasteiger charge is -2.26. The van der Waals surface area contributed by atoms with Crippen LogP contribution in [-0.4, -0.2) is 49.4 Å². The lowest BCUT2D eigenvalue weighted by atomic mass is 10.3. The highest BCUT2D eigenvalue weighted by atomic mass is 16.4. The molecule has 0 saturated carbocycles. The van der Waals surface area contributed by atoms with Crippen LogP contribution < -0.4 is 5.32 Å². The molecule has 0 aliphatic rings. The van der Waals surface area contributed by atoms with Gasteiger partial charge in [-0.1, -0.05) is 0 Å². The van der Waals surface area contributed by atoms with Crippen molar-refractivity contribution >= 4 is 12.0 Å². The molecule has 1 aromatic rings. The average molecular weight is 283 g/mol. The minimum atomic E-state index is -0.922. The largest absolute Gasteiger partial charge is 0.481 e. The van der Waals surface area contributed by atoms with Gasteiger partial charge in [-0.2, -0.15) is 0 Å². The summed E-state index contributed by atoms with van der Waals surface area (Å²) in [5, 5.41) is 19.1. The van der Waals surface area contributed by atoms with Crippen LogP contribution in [0.15, 0.2) is 6.33 Å².